The zero-order valence-electron chi connectivity index (χ0n) is 18.0. The molecule has 0 bridgehead atoms. The van der Waals surface area contributed by atoms with E-state index in [-0.39, 0.29) is 17.6 Å². The van der Waals surface area contributed by atoms with E-state index in [0.717, 1.165) is 17.8 Å². The lowest BCUT2D eigenvalue weighted by atomic mass is 9.63. The Hall–Kier alpha value is -0.930. The maximum atomic E-state index is 14.9. The van der Waals surface area contributed by atoms with Crippen molar-refractivity contribution in [1.29, 1.82) is 0 Å². The Labute approximate surface area is 170 Å². The van der Waals surface area contributed by atoms with Gasteiger partial charge in [-0.25, -0.2) is 4.39 Å². The van der Waals surface area contributed by atoms with Crippen molar-refractivity contribution in [3.05, 3.63) is 35.1 Å². The summed E-state index contributed by atoms with van der Waals surface area (Å²) in [6, 6.07) is 5.91. The third kappa shape index (κ3) is 4.46. The first-order valence-electron chi connectivity index (χ1n) is 11.6. The van der Waals surface area contributed by atoms with E-state index >= 15 is 0 Å². The second-order valence-corrected chi connectivity index (χ2v) is 10.4. The number of unbranched alkanes of at least 4 members (excludes halogenated alkanes) is 1. The fourth-order valence-corrected chi connectivity index (χ4v) is 5.95. The molecule has 1 aromatic rings. The van der Waals surface area contributed by atoms with Crippen LogP contribution in [-0.4, -0.2) is 12.1 Å². The van der Waals surface area contributed by atoms with Gasteiger partial charge in [0.05, 0.1) is 6.61 Å². The molecule has 2 aliphatic carbocycles. The van der Waals surface area contributed by atoms with Gasteiger partial charge < -0.3 is 4.74 Å². The Morgan fingerprint density at radius 3 is 2.61 bits per heavy atom. The van der Waals surface area contributed by atoms with Gasteiger partial charge in [0.2, 0.25) is 0 Å². The van der Waals surface area contributed by atoms with E-state index in [4.69, 9.17) is 4.74 Å². The molecule has 3 aliphatic rings. The maximum absolute atomic E-state index is 14.9. The fourth-order valence-electron chi connectivity index (χ4n) is 5.95. The van der Waals surface area contributed by atoms with Crippen LogP contribution in [0.1, 0.15) is 102 Å². The molecule has 0 radical (unpaired) electrons. The molecule has 0 amide bonds. The second kappa shape index (κ2) is 8.44. The van der Waals surface area contributed by atoms with Crippen molar-refractivity contribution < 1.29 is 9.13 Å². The van der Waals surface area contributed by atoms with Crippen molar-refractivity contribution in [2.75, 3.05) is 6.61 Å². The number of fused-ring (bicyclic) bond motifs is 1. The summed E-state index contributed by atoms with van der Waals surface area (Å²) in [4.78, 5) is 0. The van der Waals surface area contributed by atoms with Gasteiger partial charge in [-0.05, 0) is 81.3 Å². The maximum Gasteiger partial charge on any atom is 0.137 e. The molecule has 156 valence electrons. The number of ether oxygens (including phenoxy) is 1. The number of halogens is 1. The Kier molecular flexibility index (Phi) is 6.13. The van der Waals surface area contributed by atoms with Crippen LogP contribution in [0, 0.1) is 23.6 Å². The van der Waals surface area contributed by atoms with Gasteiger partial charge in [0.1, 0.15) is 12.0 Å². The van der Waals surface area contributed by atoms with Crippen LogP contribution in [-0.2, 0) is 4.74 Å². The van der Waals surface area contributed by atoms with Gasteiger partial charge in [0.25, 0.3) is 0 Å². The van der Waals surface area contributed by atoms with Crippen LogP contribution in [0.5, 0.6) is 0 Å². The molecule has 5 atom stereocenters. The van der Waals surface area contributed by atoms with E-state index in [9.17, 15) is 4.39 Å². The lowest BCUT2D eigenvalue weighted by molar-refractivity contribution is 0.0958. The number of hydrogen-bond acceptors (Lipinski definition) is 2. The Morgan fingerprint density at radius 1 is 1.11 bits per heavy atom. The van der Waals surface area contributed by atoms with E-state index < -0.39 is 0 Å². The summed E-state index contributed by atoms with van der Waals surface area (Å²) in [5.74, 6) is 3.18. The number of rotatable bonds is 5. The van der Waals surface area contributed by atoms with E-state index in [2.05, 4.69) is 32.2 Å². The van der Waals surface area contributed by atoms with E-state index in [1.807, 2.05) is 6.07 Å². The van der Waals surface area contributed by atoms with Crippen LogP contribution < -0.4 is 5.32 Å². The van der Waals surface area contributed by atoms with Gasteiger partial charge in [-0.1, -0.05) is 44.7 Å². The molecule has 2 nitrogen and oxygen atoms in total. The first-order chi connectivity index (χ1) is 13.4. The van der Waals surface area contributed by atoms with Crippen molar-refractivity contribution in [1.82, 2.24) is 5.32 Å². The van der Waals surface area contributed by atoms with Gasteiger partial charge in [-0.2, -0.15) is 0 Å². The molecular formula is C25H38FNO. The van der Waals surface area contributed by atoms with Gasteiger partial charge in [-0.3, -0.25) is 5.32 Å². The molecule has 3 heteroatoms. The van der Waals surface area contributed by atoms with Crippen LogP contribution >= 0.6 is 0 Å². The predicted molar refractivity (Wildman–Crippen MR) is 113 cm³/mol. The minimum absolute atomic E-state index is 0.0931. The van der Waals surface area contributed by atoms with Gasteiger partial charge in [-0.15, -0.1) is 0 Å². The summed E-state index contributed by atoms with van der Waals surface area (Å²) in [5.41, 5.74) is 1.76. The molecule has 2 saturated carbocycles. The first kappa shape index (κ1) is 20.3. The second-order valence-electron chi connectivity index (χ2n) is 10.4. The molecule has 3 fully saturated rings. The molecule has 28 heavy (non-hydrogen) atoms. The van der Waals surface area contributed by atoms with Crippen LogP contribution in [0.3, 0.4) is 0 Å². The average Bonchev–Trinajstić information content (AvgIpc) is 3.05. The van der Waals surface area contributed by atoms with E-state index in [0.29, 0.717) is 18.1 Å². The van der Waals surface area contributed by atoms with Crippen molar-refractivity contribution in [2.45, 2.75) is 96.2 Å². The highest BCUT2D eigenvalue weighted by Gasteiger charge is 2.37. The SMILES string of the molecule is CCCCC1CC[C@@H]2C[C@H](c3ccc(C4NC(C)(C)CO4)c(F)c3)CC[C@@H]2C1. The third-order valence-corrected chi connectivity index (χ3v) is 7.60. The quantitative estimate of drug-likeness (QED) is 0.606. The van der Waals surface area contributed by atoms with Gasteiger partial charge in [0, 0.05) is 11.1 Å². The molecule has 0 spiro atoms. The molecule has 1 aromatic carbocycles. The summed E-state index contributed by atoms with van der Waals surface area (Å²) in [6.45, 7) is 7.10. The van der Waals surface area contributed by atoms with Crippen LogP contribution in [0.25, 0.3) is 0 Å². The Morgan fingerprint density at radius 2 is 1.89 bits per heavy atom. The highest BCUT2D eigenvalue weighted by molar-refractivity contribution is 5.29. The lowest BCUT2D eigenvalue weighted by Crippen LogP contribution is -2.36. The highest BCUT2D eigenvalue weighted by atomic mass is 19.1. The molecular weight excluding hydrogens is 349 g/mol. The van der Waals surface area contributed by atoms with Crippen LogP contribution in [0.4, 0.5) is 4.39 Å². The minimum Gasteiger partial charge on any atom is -0.357 e. The molecule has 1 heterocycles. The number of nitrogens with one attached hydrogen (secondary N) is 1. The summed E-state index contributed by atoms with van der Waals surface area (Å²) in [5, 5.41) is 3.38. The van der Waals surface area contributed by atoms with E-state index in [1.165, 1.54) is 63.4 Å². The summed E-state index contributed by atoms with van der Waals surface area (Å²) < 4.78 is 20.7. The average molecular weight is 388 g/mol. The lowest BCUT2D eigenvalue weighted by Gasteiger charge is -2.42. The Balaban J connectivity index is 1.38. The monoisotopic (exact) mass is 387 g/mol. The van der Waals surface area contributed by atoms with Gasteiger partial charge in [0.15, 0.2) is 0 Å². The predicted octanol–water partition coefficient (Wildman–Crippen LogP) is 6.71. The van der Waals surface area contributed by atoms with Crippen molar-refractivity contribution in [3.8, 4) is 0 Å². The molecule has 1 saturated heterocycles. The Bertz CT molecular complexity index is 673. The summed E-state index contributed by atoms with van der Waals surface area (Å²) in [6.07, 6.45) is 11.9. The molecule has 1 N–H and O–H groups in total. The van der Waals surface area contributed by atoms with Gasteiger partial charge >= 0.3 is 0 Å². The molecule has 1 aliphatic heterocycles. The standard InChI is InChI=1S/C25H38FNO/c1-4-5-6-17-7-8-19-14-20(10-9-18(19)13-17)21-11-12-22(23(26)15-21)24-27-25(2,3)16-28-24/h11-12,15,17-20,24,27H,4-10,13-14,16H2,1-3H3/t17?,18-,19-,20-,24?/m1/s1. The third-order valence-electron chi connectivity index (χ3n) is 7.60. The minimum atomic E-state index is -0.321. The molecule has 0 aromatic heterocycles. The number of hydrogen-bond donors (Lipinski definition) is 1. The highest BCUT2D eigenvalue weighted by Crippen LogP contribution is 2.48. The summed E-state index contributed by atoms with van der Waals surface area (Å²) in [7, 11) is 0. The largest absolute Gasteiger partial charge is 0.357 e. The van der Waals surface area contributed by atoms with Crippen LogP contribution in [0.15, 0.2) is 18.2 Å². The molecule has 2 unspecified atom stereocenters. The van der Waals surface area contributed by atoms with Crippen LogP contribution in [0.2, 0.25) is 0 Å². The fraction of sp³-hybridized carbons (Fsp3) is 0.760. The number of benzene rings is 1. The zero-order valence-corrected chi connectivity index (χ0v) is 18.0. The smallest absolute Gasteiger partial charge is 0.137 e. The molecule has 4 rings (SSSR count). The zero-order chi connectivity index (χ0) is 19.7. The topological polar surface area (TPSA) is 21.3 Å². The summed E-state index contributed by atoms with van der Waals surface area (Å²) >= 11 is 0. The van der Waals surface area contributed by atoms with Crippen molar-refractivity contribution in [3.63, 3.8) is 0 Å². The normalized spacial score (nSPS) is 34.9. The van der Waals surface area contributed by atoms with Crippen molar-refractivity contribution in [2.24, 2.45) is 17.8 Å². The van der Waals surface area contributed by atoms with E-state index in [1.54, 1.807) is 6.07 Å². The van der Waals surface area contributed by atoms with Crippen molar-refractivity contribution >= 4 is 0 Å². The first-order valence-corrected chi connectivity index (χ1v) is 11.6.